The van der Waals surface area contributed by atoms with E-state index in [1.807, 2.05) is 13.1 Å². The lowest BCUT2D eigenvalue weighted by Gasteiger charge is -2.27. The summed E-state index contributed by atoms with van der Waals surface area (Å²) in [6.07, 6.45) is 8.62. The molecule has 0 bridgehead atoms. The van der Waals surface area contributed by atoms with Crippen molar-refractivity contribution in [2.45, 2.75) is 26.2 Å². The van der Waals surface area contributed by atoms with Crippen LogP contribution >= 0.6 is 0 Å². The fraction of sp³-hybridized carbons (Fsp3) is 0.533. The molecule has 1 aliphatic heterocycles. The zero-order valence-electron chi connectivity index (χ0n) is 12.4. The van der Waals surface area contributed by atoms with E-state index in [4.69, 9.17) is 4.74 Å². The number of nitrogens with zero attached hydrogens (tertiary/aromatic N) is 2. The van der Waals surface area contributed by atoms with E-state index in [0.717, 1.165) is 25.1 Å². The van der Waals surface area contributed by atoms with Crippen molar-refractivity contribution in [3.05, 3.63) is 45.8 Å². The summed E-state index contributed by atoms with van der Waals surface area (Å²) in [6.45, 7) is 3.01. The molecule has 0 amide bonds. The van der Waals surface area contributed by atoms with E-state index < -0.39 is 10.3 Å². The van der Waals surface area contributed by atoms with Crippen molar-refractivity contribution in [1.82, 2.24) is 4.90 Å². The van der Waals surface area contributed by atoms with Crippen LogP contribution in [-0.4, -0.2) is 36.0 Å². The van der Waals surface area contributed by atoms with E-state index in [2.05, 4.69) is 4.90 Å². The maximum absolute atomic E-state index is 12.4. The highest BCUT2D eigenvalue weighted by Gasteiger charge is 2.38. The molecule has 1 heterocycles. The molecule has 0 aromatic heterocycles. The topological polar surface area (TPSA) is 72.7 Å². The number of allylic oxidation sites excluding steroid dienone is 3. The smallest absolute Gasteiger partial charge is 0.320 e. The minimum atomic E-state index is -0.927. The summed E-state index contributed by atoms with van der Waals surface area (Å²) in [5.41, 5.74) is 0.183. The molecule has 1 unspecified atom stereocenters. The fourth-order valence-electron chi connectivity index (χ4n) is 2.67. The van der Waals surface area contributed by atoms with E-state index in [0.29, 0.717) is 6.61 Å². The van der Waals surface area contributed by atoms with Crippen LogP contribution < -0.4 is 0 Å². The van der Waals surface area contributed by atoms with Gasteiger partial charge in [0.2, 0.25) is 0 Å². The van der Waals surface area contributed by atoms with Gasteiger partial charge in [0.1, 0.15) is 5.41 Å². The number of hydrogen-bond acceptors (Lipinski definition) is 5. The van der Waals surface area contributed by atoms with Crippen LogP contribution in [-0.2, 0) is 9.53 Å². The van der Waals surface area contributed by atoms with Gasteiger partial charge in [0, 0.05) is 25.4 Å². The largest absolute Gasteiger partial charge is 0.465 e. The molecule has 21 heavy (non-hydrogen) atoms. The van der Waals surface area contributed by atoms with Crippen LogP contribution in [0.5, 0.6) is 0 Å². The first-order valence-corrected chi connectivity index (χ1v) is 7.12. The molecule has 0 spiro atoms. The van der Waals surface area contributed by atoms with Crippen LogP contribution in [0.4, 0.5) is 0 Å². The molecule has 2 rings (SSSR count). The highest BCUT2D eigenvalue weighted by atomic mass is 16.6. The Morgan fingerprint density at radius 2 is 2.38 bits per heavy atom. The Balaban J connectivity index is 2.32. The summed E-state index contributed by atoms with van der Waals surface area (Å²) in [6, 6.07) is 0. The van der Waals surface area contributed by atoms with E-state index in [-0.39, 0.29) is 18.1 Å². The zero-order valence-corrected chi connectivity index (χ0v) is 12.4. The second-order valence-electron chi connectivity index (χ2n) is 5.35. The van der Waals surface area contributed by atoms with Gasteiger partial charge in [0.15, 0.2) is 0 Å². The Labute approximate surface area is 123 Å². The molecule has 0 aromatic carbocycles. The van der Waals surface area contributed by atoms with E-state index in [1.165, 1.54) is 12.2 Å². The van der Waals surface area contributed by atoms with Gasteiger partial charge in [-0.1, -0.05) is 6.08 Å². The van der Waals surface area contributed by atoms with Gasteiger partial charge in [0.05, 0.1) is 11.5 Å². The molecule has 0 saturated carbocycles. The van der Waals surface area contributed by atoms with Gasteiger partial charge in [-0.05, 0) is 38.3 Å². The van der Waals surface area contributed by atoms with Crippen LogP contribution in [0.3, 0.4) is 0 Å². The number of carbonyl (C=O) groups excluding carboxylic acids is 1. The van der Waals surface area contributed by atoms with Crippen LogP contribution in [0, 0.1) is 15.5 Å². The molecule has 1 aliphatic carbocycles. The lowest BCUT2D eigenvalue weighted by Crippen LogP contribution is -2.32. The predicted molar refractivity (Wildman–Crippen MR) is 77.8 cm³/mol. The minimum absolute atomic E-state index is 0.0214. The third-order valence-electron chi connectivity index (χ3n) is 3.91. The standard InChI is InChI=1S/C15H20N2O4/c1-3-21-14(18)15(11-13-5-4-10-16(13)2)8-6-12(7-9-15)17(19)20/h6-8,11H,3-5,9-10H2,1-2H3. The molecule has 2 aliphatic rings. The first-order valence-electron chi connectivity index (χ1n) is 7.12. The maximum Gasteiger partial charge on any atom is 0.320 e. The normalized spacial score (nSPS) is 26.9. The highest BCUT2D eigenvalue weighted by Crippen LogP contribution is 2.36. The molecule has 0 aromatic rings. The van der Waals surface area contributed by atoms with Gasteiger partial charge >= 0.3 is 5.97 Å². The summed E-state index contributed by atoms with van der Waals surface area (Å²) in [7, 11) is 1.99. The summed E-state index contributed by atoms with van der Waals surface area (Å²) in [5, 5.41) is 10.8. The van der Waals surface area contributed by atoms with Gasteiger partial charge in [-0.15, -0.1) is 0 Å². The van der Waals surface area contributed by atoms with Crippen molar-refractivity contribution < 1.29 is 14.5 Å². The van der Waals surface area contributed by atoms with Gasteiger partial charge in [-0.25, -0.2) is 0 Å². The molecule has 6 nitrogen and oxygen atoms in total. The second kappa shape index (κ2) is 6.11. The average Bonchev–Trinajstić information content (AvgIpc) is 2.85. The molecule has 0 radical (unpaired) electrons. The Morgan fingerprint density at radius 1 is 1.62 bits per heavy atom. The van der Waals surface area contributed by atoms with Gasteiger partial charge in [0.25, 0.3) is 5.70 Å². The fourth-order valence-corrected chi connectivity index (χ4v) is 2.67. The average molecular weight is 292 g/mol. The molecule has 1 saturated heterocycles. The molecule has 114 valence electrons. The quantitative estimate of drug-likeness (QED) is 0.451. The Hall–Kier alpha value is -2.11. The number of ether oxygens (including phenoxy) is 1. The van der Waals surface area contributed by atoms with E-state index in [1.54, 1.807) is 13.0 Å². The third-order valence-corrected chi connectivity index (χ3v) is 3.91. The molecular formula is C15H20N2O4. The summed E-state index contributed by atoms with van der Waals surface area (Å²) >= 11 is 0. The molecule has 6 heteroatoms. The predicted octanol–water partition coefficient (Wildman–Crippen LogP) is 2.27. The van der Waals surface area contributed by atoms with E-state index >= 15 is 0 Å². The number of hydrogen-bond donors (Lipinski definition) is 0. The second-order valence-corrected chi connectivity index (χ2v) is 5.35. The Morgan fingerprint density at radius 3 is 2.86 bits per heavy atom. The number of nitro groups is 1. The number of rotatable bonds is 4. The summed E-state index contributed by atoms with van der Waals surface area (Å²) in [5.74, 6) is -0.354. The summed E-state index contributed by atoms with van der Waals surface area (Å²) < 4.78 is 5.17. The zero-order chi connectivity index (χ0) is 15.5. The van der Waals surface area contributed by atoms with Crippen LogP contribution in [0.2, 0.25) is 0 Å². The molecular weight excluding hydrogens is 272 g/mol. The maximum atomic E-state index is 12.4. The number of esters is 1. The SMILES string of the molecule is CCOC(=O)C1(C=C2CCCN2C)C=CC([N+](=O)[O-])=CC1. The van der Waals surface area contributed by atoms with Crippen LogP contribution in [0.15, 0.2) is 35.7 Å². The monoisotopic (exact) mass is 292 g/mol. The van der Waals surface area contributed by atoms with Crippen molar-refractivity contribution in [3.63, 3.8) is 0 Å². The number of carbonyl (C=O) groups is 1. The highest BCUT2D eigenvalue weighted by molar-refractivity contribution is 5.82. The lowest BCUT2D eigenvalue weighted by atomic mass is 9.80. The molecule has 1 fully saturated rings. The first-order chi connectivity index (χ1) is 9.98. The van der Waals surface area contributed by atoms with Gasteiger partial charge in [-0.3, -0.25) is 14.9 Å². The van der Waals surface area contributed by atoms with Crippen molar-refractivity contribution in [1.29, 1.82) is 0 Å². The molecule has 1 atom stereocenters. The first kappa shape index (κ1) is 15.3. The van der Waals surface area contributed by atoms with E-state index in [9.17, 15) is 14.9 Å². The van der Waals surface area contributed by atoms with Gasteiger partial charge in [-0.2, -0.15) is 0 Å². The number of likely N-dealkylation sites (tertiary alicyclic amines) is 1. The summed E-state index contributed by atoms with van der Waals surface area (Å²) in [4.78, 5) is 24.8. The van der Waals surface area contributed by atoms with Gasteiger partial charge < -0.3 is 9.64 Å². The van der Waals surface area contributed by atoms with Crippen LogP contribution in [0.1, 0.15) is 26.2 Å². The Kier molecular flexibility index (Phi) is 4.45. The van der Waals surface area contributed by atoms with Crippen molar-refractivity contribution in [2.24, 2.45) is 5.41 Å². The molecule has 0 N–H and O–H groups in total. The van der Waals surface area contributed by atoms with Crippen molar-refractivity contribution in [3.8, 4) is 0 Å². The van der Waals surface area contributed by atoms with Crippen LogP contribution in [0.25, 0.3) is 0 Å². The third kappa shape index (κ3) is 3.15. The minimum Gasteiger partial charge on any atom is -0.465 e. The lowest BCUT2D eigenvalue weighted by molar-refractivity contribution is -0.419. The Bertz CT molecular complexity index is 536. The van der Waals surface area contributed by atoms with Crippen molar-refractivity contribution >= 4 is 5.97 Å². The van der Waals surface area contributed by atoms with Crippen molar-refractivity contribution in [2.75, 3.05) is 20.2 Å².